The molecule has 0 saturated heterocycles. The molecule has 0 aliphatic rings. The second kappa shape index (κ2) is 9.57. The van der Waals surface area contributed by atoms with Crippen molar-refractivity contribution < 1.29 is 41.1 Å². The van der Waals surface area contributed by atoms with Gasteiger partial charge in [-0.1, -0.05) is 17.7 Å². The maximum Gasteiger partial charge on any atom is 0.416 e. The highest BCUT2D eigenvalue weighted by atomic mass is 35.5. The number of alkyl halides is 3. The van der Waals surface area contributed by atoms with Crippen LogP contribution >= 0.6 is 11.6 Å². The van der Waals surface area contributed by atoms with Crippen LogP contribution in [-0.4, -0.2) is 38.2 Å². The highest BCUT2D eigenvalue weighted by Crippen LogP contribution is 2.35. The van der Waals surface area contributed by atoms with Gasteiger partial charge in [0.25, 0.3) is 10.0 Å². The summed E-state index contributed by atoms with van der Waals surface area (Å²) in [7, 11) is -3.49. The lowest BCUT2D eigenvalue weighted by molar-refractivity contribution is -0.904. The Hall–Kier alpha value is -3.22. The van der Waals surface area contributed by atoms with E-state index in [-0.39, 0.29) is 27.5 Å². The van der Waals surface area contributed by atoms with Gasteiger partial charge in [-0.25, -0.2) is 17.7 Å². The second-order valence-corrected chi connectivity index (χ2v) is 9.36. The normalized spacial score (nSPS) is 11.9. The molecular formula is C21H18ClF3N3O5S+. The molecule has 0 fully saturated rings. The first kappa shape index (κ1) is 25.4. The third kappa shape index (κ3) is 5.13. The SMILES string of the molecule is COCN(c1cc(Cl)cnc1C(=O)c1cc[n+](O)cc1)S(=O)(=O)c1ccc(C)c(C(F)(F)F)c1. The lowest BCUT2D eigenvalue weighted by atomic mass is 10.1. The molecule has 8 nitrogen and oxygen atoms in total. The van der Waals surface area contributed by atoms with Crippen molar-refractivity contribution in [2.45, 2.75) is 18.0 Å². The van der Waals surface area contributed by atoms with Gasteiger partial charge in [-0.3, -0.25) is 10.0 Å². The van der Waals surface area contributed by atoms with Crippen LogP contribution in [0.3, 0.4) is 0 Å². The number of aromatic nitrogens is 2. The number of carbonyl (C=O) groups excluding carboxylic acids is 1. The number of ketones is 1. The molecular weight excluding hydrogens is 499 g/mol. The Bertz CT molecular complexity index is 1330. The van der Waals surface area contributed by atoms with E-state index in [2.05, 4.69) is 4.98 Å². The van der Waals surface area contributed by atoms with Gasteiger partial charge in [0.2, 0.25) is 18.2 Å². The number of sulfonamides is 1. The van der Waals surface area contributed by atoms with Crippen LogP contribution in [0, 0.1) is 6.92 Å². The molecule has 0 aliphatic carbocycles. The minimum atomic E-state index is -4.78. The van der Waals surface area contributed by atoms with E-state index in [9.17, 15) is 31.6 Å². The summed E-state index contributed by atoms with van der Waals surface area (Å²) < 4.78 is 73.4. The summed E-state index contributed by atoms with van der Waals surface area (Å²) in [6, 6.07) is 6.27. The Balaban J connectivity index is 2.19. The van der Waals surface area contributed by atoms with Crippen molar-refractivity contribution in [3.05, 3.63) is 82.4 Å². The van der Waals surface area contributed by atoms with Crippen LogP contribution in [0.15, 0.2) is 59.9 Å². The average molecular weight is 517 g/mol. The molecule has 13 heteroatoms. The number of nitrogens with zero attached hydrogens (tertiary/aromatic N) is 3. The molecule has 3 aromatic rings. The Morgan fingerprint density at radius 2 is 1.85 bits per heavy atom. The van der Waals surface area contributed by atoms with E-state index < -0.39 is 39.2 Å². The van der Waals surface area contributed by atoms with E-state index in [1.165, 1.54) is 38.6 Å². The van der Waals surface area contributed by atoms with Crippen LogP contribution in [0.4, 0.5) is 18.9 Å². The molecule has 2 aromatic heterocycles. The number of halogens is 4. The van der Waals surface area contributed by atoms with Crippen molar-refractivity contribution in [2.75, 3.05) is 18.1 Å². The van der Waals surface area contributed by atoms with E-state index in [0.717, 1.165) is 24.4 Å². The number of pyridine rings is 2. The molecule has 0 spiro atoms. The molecule has 0 unspecified atom stereocenters. The maximum absolute atomic E-state index is 13.4. The van der Waals surface area contributed by atoms with Gasteiger partial charge in [-0.2, -0.15) is 13.2 Å². The minimum absolute atomic E-state index is 0.0241. The third-order valence-corrected chi connectivity index (χ3v) is 6.68. The van der Waals surface area contributed by atoms with Crippen molar-refractivity contribution >= 4 is 33.1 Å². The Labute approximate surface area is 197 Å². The molecule has 0 aliphatic heterocycles. The fourth-order valence-electron chi connectivity index (χ4n) is 3.08. The predicted octanol–water partition coefficient (Wildman–Crippen LogP) is 3.62. The number of aryl methyl sites for hydroxylation is 1. The summed E-state index contributed by atoms with van der Waals surface area (Å²) in [5, 5.41) is 9.35. The zero-order chi connectivity index (χ0) is 25.3. The molecule has 180 valence electrons. The summed E-state index contributed by atoms with van der Waals surface area (Å²) in [4.78, 5) is 16.4. The Morgan fingerprint density at radius 3 is 2.44 bits per heavy atom. The first-order valence-corrected chi connectivity index (χ1v) is 11.3. The summed E-state index contributed by atoms with van der Waals surface area (Å²) in [6.07, 6.45) is -1.30. The second-order valence-electron chi connectivity index (χ2n) is 7.06. The third-order valence-electron chi connectivity index (χ3n) is 4.74. The van der Waals surface area contributed by atoms with Crippen LogP contribution < -0.4 is 9.04 Å². The number of methoxy groups -OCH3 is 1. The monoisotopic (exact) mass is 516 g/mol. The topological polar surface area (TPSA) is 101 Å². The maximum atomic E-state index is 13.4. The van der Waals surface area contributed by atoms with Gasteiger partial charge in [0.05, 0.1) is 21.2 Å². The van der Waals surface area contributed by atoms with Gasteiger partial charge in [0.15, 0.2) is 0 Å². The number of ether oxygens (including phenoxy) is 1. The van der Waals surface area contributed by atoms with Crippen molar-refractivity contribution in [2.24, 2.45) is 0 Å². The standard InChI is InChI=1S/C21H18ClF3N3O5S/c1-13-3-4-16(10-17(13)21(23,24)25)34(31,32)28(12-33-2)18-9-15(22)11-26-19(18)20(29)14-5-7-27(30)8-6-14/h3-11,30H,12H2,1-2H3/q+1. The largest absolute Gasteiger partial charge is 0.416 e. The fraction of sp³-hybridized carbons (Fsp3) is 0.190. The van der Waals surface area contributed by atoms with Crippen molar-refractivity contribution in [3.8, 4) is 0 Å². The summed E-state index contributed by atoms with van der Waals surface area (Å²) in [5.41, 5.74) is -1.85. The zero-order valence-electron chi connectivity index (χ0n) is 17.7. The van der Waals surface area contributed by atoms with E-state index in [1.54, 1.807) is 0 Å². The quantitative estimate of drug-likeness (QED) is 0.223. The van der Waals surface area contributed by atoms with E-state index in [4.69, 9.17) is 16.3 Å². The molecule has 0 saturated carbocycles. The molecule has 3 rings (SSSR count). The predicted molar refractivity (Wildman–Crippen MR) is 114 cm³/mol. The van der Waals surface area contributed by atoms with Crippen LogP contribution in [0.5, 0.6) is 0 Å². The number of hydrogen-bond donors (Lipinski definition) is 1. The first-order chi connectivity index (χ1) is 15.9. The van der Waals surface area contributed by atoms with Gasteiger partial charge in [-0.05, 0) is 30.7 Å². The van der Waals surface area contributed by atoms with Gasteiger partial charge in [-0.15, -0.1) is 0 Å². The number of hydrogen-bond acceptors (Lipinski definition) is 6. The molecule has 34 heavy (non-hydrogen) atoms. The molecule has 0 atom stereocenters. The average Bonchev–Trinajstić information content (AvgIpc) is 2.76. The lowest BCUT2D eigenvalue weighted by Gasteiger charge is -2.25. The summed E-state index contributed by atoms with van der Waals surface area (Å²) in [5.74, 6) is -0.719. The highest BCUT2D eigenvalue weighted by Gasteiger charge is 2.36. The number of benzene rings is 1. The van der Waals surface area contributed by atoms with Crippen LogP contribution in [-0.2, 0) is 20.9 Å². The van der Waals surface area contributed by atoms with Crippen LogP contribution in [0.25, 0.3) is 0 Å². The molecule has 0 bridgehead atoms. The number of anilines is 1. The molecule has 0 radical (unpaired) electrons. The van der Waals surface area contributed by atoms with E-state index >= 15 is 0 Å². The fourth-order valence-corrected chi connectivity index (χ4v) is 4.64. The highest BCUT2D eigenvalue weighted by molar-refractivity contribution is 7.92. The summed E-state index contributed by atoms with van der Waals surface area (Å²) in [6.45, 7) is 0.561. The molecule has 0 amide bonds. The minimum Gasteiger partial charge on any atom is -0.363 e. The van der Waals surface area contributed by atoms with Gasteiger partial charge in [0.1, 0.15) is 12.4 Å². The van der Waals surface area contributed by atoms with Crippen molar-refractivity contribution in [3.63, 3.8) is 0 Å². The van der Waals surface area contributed by atoms with E-state index in [1.807, 2.05) is 0 Å². The first-order valence-electron chi connectivity index (χ1n) is 9.46. The summed E-state index contributed by atoms with van der Waals surface area (Å²) >= 11 is 6.01. The Morgan fingerprint density at radius 1 is 1.21 bits per heavy atom. The molecule has 1 N–H and O–H groups in total. The smallest absolute Gasteiger partial charge is 0.363 e. The van der Waals surface area contributed by atoms with E-state index in [0.29, 0.717) is 15.1 Å². The van der Waals surface area contributed by atoms with Crippen molar-refractivity contribution in [1.82, 2.24) is 4.98 Å². The van der Waals surface area contributed by atoms with Gasteiger partial charge in [0, 0.05) is 35.7 Å². The number of rotatable bonds is 7. The zero-order valence-corrected chi connectivity index (χ0v) is 19.3. The number of carbonyl (C=O) groups is 1. The molecule has 2 heterocycles. The Kier molecular flexibility index (Phi) is 7.15. The van der Waals surface area contributed by atoms with Crippen LogP contribution in [0.2, 0.25) is 5.02 Å². The van der Waals surface area contributed by atoms with Crippen molar-refractivity contribution in [1.29, 1.82) is 0 Å². The lowest BCUT2D eigenvalue weighted by Crippen LogP contribution is -2.35. The van der Waals surface area contributed by atoms with Gasteiger partial charge >= 0.3 is 6.18 Å². The van der Waals surface area contributed by atoms with Crippen LogP contribution in [0.1, 0.15) is 27.2 Å². The van der Waals surface area contributed by atoms with Gasteiger partial charge < -0.3 is 4.74 Å². The molecule has 1 aromatic carbocycles.